The molecule has 0 fully saturated rings. The van der Waals surface area contributed by atoms with E-state index in [2.05, 4.69) is 141 Å². The molecule has 0 aliphatic carbocycles. The number of hydrogen-bond acceptors (Lipinski definition) is 1. The Morgan fingerprint density at radius 3 is 1.93 bits per heavy atom. The van der Waals surface area contributed by atoms with Gasteiger partial charge in [0.15, 0.2) is 0 Å². The van der Waals surface area contributed by atoms with Crippen LogP contribution in [0.25, 0.3) is 85.9 Å². The molecule has 0 saturated carbocycles. The van der Waals surface area contributed by atoms with E-state index in [0.29, 0.717) is 12.0 Å². The molecule has 8 aromatic carbocycles. The molecule has 218 valence electrons. The van der Waals surface area contributed by atoms with Crippen molar-refractivity contribution in [2.24, 2.45) is 0 Å². The van der Waals surface area contributed by atoms with Gasteiger partial charge in [-0.25, -0.2) is 0 Å². The van der Waals surface area contributed by atoms with Gasteiger partial charge in [0.1, 0.15) is 0 Å². The summed E-state index contributed by atoms with van der Waals surface area (Å²) in [6.45, 7) is 4.54. The van der Waals surface area contributed by atoms with Crippen LogP contribution in [0.2, 0.25) is 0 Å². The van der Waals surface area contributed by atoms with Crippen molar-refractivity contribution in [3.05, 3.63) is 157 Å². The minimum atomic E-state index is 0.501. The van der Waals surface area contributed by atoms with E-state index in [4.69, 9.17) is 1.37 Å². The van der Waals surface area contributed by atoms with E-state index in [0.717, 1.165) is 10.8 Å². The van der Waals surface area contributed by atoms with Crippen LogP contribution in [0.15, 0.2) is 152 Å². The molecule has 0 amide bonds. The summed E-state index contributed by atoms with van der Waals surface area (Å²) in [5.41, 5.74) is 8.83. The highest BCUT2D eigenvalue weighted by Crippen LogP contribution is 2.48. The van der Waals surface area contributed by atoms with E-state index in [1.54, 1.807) is 0 Å². The van der Waals surface area contributed by atoms with Gasteiger partial charge in [-0.15, -0.1) is 11.3 Å². The van der Waals surface area contributed by atoms with Crippen molar-refractivity contribution in [3.63, 3.8) is 0 Å². The van der Waals surface area contributed by atoms with Crippen molar-refractivity contribution in [1.29, 1.82) is 0 Å². The molecular weight excluding hydrogens is 573 g/mol. The number of fused-ring (bicyclic) bond motifs is 6. The first kappa shape index (κ1) is 26.0. The maximum absolute atomic E-state index is 8.01. The minimum Gasteiger partial charge on any atom is -0.135 e. The highest BCUT2D eigenvalue weighted by molar-refractivity contribution is 7.26. The van der Waals surface area contributed by atoms with Gasteiger partial charge in [0.25, 0.3) is 0 Å². The van der Waals surface area contributed by atoms with Crippen LogP contribution in [0.4, 0.5) is 0 Å². The molecule has 1 heterocycles. The van der Waals surface area contributed by atoms with Gasteiger partial charge in [0.2, 0.25) is 0 Å². The lowest BCUT2D eigenvalue weighted by atomic mass is 9.84. The molecule has 0 unspecified atom stereocenters. The van der Waals surface area contributed by atoms with Crippen molar-refractivity contribution in [3.8, 4) is 33.4 Å². The van der Waals surface area contributed by atoms with E-state index < -0.39 is 0 Å². The second kappa shape index (κ2) is 10.7. The summed E-state index contributed by atoms with van der Waals surface area (Å²) in [6, 6.07) is 53.7. The molecule has 0 radical (unpaired) electrons. The minimum absolute atomic E-state index is 0.501. The van der Waals surface area contributed by atoms with Gasteiger partial charge in [-0.2, -0.15) is 0 Å². The van der Waals surface area contributed by atoms with Crippen molar-refractivity contribution < 1.29 is 1.37 Å². The van der Waals surface area contributed by atoms with Crippen molar-refractivity contribution in [2.45, 2.75) is 19.8 Å². The first-order chi connectivity index (χ1) is 23.0. The monoisotopic (exact) mass is 605 g/mol. The van der Waals surface area contributed by atoms with Crippen LogP contribution in [0.5, 0.6) is 0 Å². The molecule has 1 heteroatoms. The largest absolute Gasteiger partial charge is 0.135 e. The fourth-order valence-corrected chi connectivity index (χ4v) is 8.48. The lowest BCUT2D eigenvalue weighted by Gasteiger charge is -2.19. The SMILES string of the molecule is [2H]c1ccc2cc(-c3cccc(-c4c5ccccc5c(-c5cccc6sc7cc(C(C)C)ccc7c56)c5ccccc45)c3)ccc2c1. The normalized spacial score (nSPS) is 12.2. The Balaban J connectivity index is 1.30. The zero-order chi connectivity index (χ0) is 31.6. The molecule has 9 aromatic rings. The van der Waals surface area contributed by atoms with Crippen LogP contribution in [0, 0.1) is 0 Å². The predicted octanol–water partition coefficient (Wildman–Crippen LogP) is 13.6. The summed E-state index contributed by atoms with van der Waals surface area (Å²) in [4.78, 5) is 0. The Kier molecular flexibility index (Phi) is 6.05. The second-order valence-electron chi connectivity index (χ2n) is 12.6. The van der Waals surface area contributed by atoms with E-state index in [-0.39, 0.29) is 0 Å². The zero-order valence-corrected chi connectivity index (χ0v) is 26.7. The van der Waals surface area contributed by atoms with Crippen LogP contribution in [0.3, 0.4) is 0 Å². The Morgan fingerprint density at radius 2 is 1.17 bits per heavy atom. The third kappa shape index (κ3) is 4.27. The molecule has 0 bridgehead atoms. The highest BCUT2D eigenvalue weighted by atomic mass is 32.1. The van der Waals surface area contributed by atoms with Gasteiger partial charge < -0.3 is 0 Å². The highest BCUT2D eigenvalue weighted by Gasteiger charge is 2.20. The molecule has 46 heavy (non-hydrogen) atoms. The molecular formula is C45H32S. The summed E-state index contributed by atoms with van der Waals surface area (Å²) in [6.07, 6.45) is 0. The number of hydrogen-bond donors (Lipinski definition) is 0. The molecule has 0 aliphatic heterocycles. The quantitative estimate of drug-likeness (QED) is 0.175. The molecule has 0 atom stereocenters. The summed E-state index contributed by atoms with van der Waals surface area (Å²) < 4.78 is 10.7. The van der Waals surface area contributed by atoms with Gasteiger partial charge in [-0.3, -0.25) is 0 Å². The molecule has 0 saturated heterocycles. The first-order valence-corrected chi connectivity index (χ1v) is 16.9. The van der Waals surface area contributed by atoms with Crippen molar-refractivity contribution >= 4 is 63.8 Å². The summed E-state index contributed by atoms with van der Waals surface area (Å²) >= 11 is 1.90. The van der Waals surface area contributed by atoms with E-state index in [9.17, 15) is 0 Å². The smallest absolute Gasteiger partial charge is 0.0623 e. The summed E-state index contributed by atoms with van der Waals surface area (Å²) in [7, 11) is 0. The van der Waals surface area contributed by atoms with Crippen LogP contribution >= 0.6 is 11.3 Å². The zero-order valence-electron chi connectivity index (χ0n) is 26.8. The fourth-order valence-electron chi connectivity index (χ4n) is 7.30. The van der Waals surface area contributed by atoms with Crippen molar-refractivity contribution in [2.75, 3.05) is 0 Å². The molecule has 9 rings (SSSR count). The number of benzene rings is 8. The van der Waals surface area contributed by atoms with Gasteiger partial charge in [-0.05, 0) is 101 Å². The van der Waals surface area contributed by atoms with Crippen LogP contribution in [-0.2, 0) is 0 Å². The van der Waals surface area contributed by atoms with Crippen LogP contribution in [0.1, 0.15) is 26.7 Å². The van der Waals surface area contributed by atoms with Crippen molar-refractivity contribution in [1.82, 2.24) is 0 Å². The van der Waals surface area contributed by atoms with Gasteiger partial charge in [-0.1, -0.05) is 141 Å². The molecule has 0 spiro atoms. The average Bonchev–Trinajstić information content (AvgIpc) is 3.49. The topological polar surface area (TPSA) is 0 Å². The van der Waals surface area contributed by atoms with E-state index >= 15 is 0 Å². The van der Waals surface area contributed by atoms with Gasteiger partial charge >= 0.3 is 0 Å². The lowest BCUT2D eigenvalue weighted by molar-refractivity contribution is 0.869. The van der Waals surface area contributed by atoms with E-state index in [1.165, 1.54) is 80.7 Å². The predicted molar refractivity (Wildman–Crippen MR) is 202 cm³/mol. The van der Waals surface area contributed by atoms with Crippen LogP contribution in [-0.4, -0.2) is 0 Å². The van der Waals surface area contributed by atoms with Gasteiger partial charge in [0, 0.05) is 20.2 Å². The Labute approximate surface area is 274 Å². The summed E-state index contributed by atoms with van der Waals surface area (Å²) in [5.74, 6) is 0.501. The molecule has 0 N–H and O–H groups in total. The molecule has 0 aliphatic rings. The fraction of sp³-hybridized carbons (Fsp3) is 0.0667. The van der Waals surface area contributed by atoms with E-state index in [1.807, 2.05) is 29.5 Å². The second-order valence-corrected chi connectivity index (χ2v) is 13.7. The molecule has 0 nitrogen and oxygen atoms in total. The first-order valence-electron chi connectivity index (χ1n) is 16.5. The Hall–Kier alpha value is -5.24. The lowest BCUT2D eigenvalue weighted by Crippen LogP contribution is -1.91. The average molecular weight is 606 g/mol. The Morgan fingerprint density at radius 1 is 0.478 bits per heavy atom. The Bertz CT molecular complexity index is 2620. The third-order valence-corrected chi connectivity index (χ3v) is 10.7. The third-order valence-electron chi connectivity index (χ3n) is 9.56. The summed E-state index contributed by atoms with van der Waals surface area (Å²) in [5, 5.41) is 10.0. The number of thiophene rings is 1. The maximum atomic E-state index is 8.01. The standard InChI is InChI=1S/C45H32S/c1-28(2)30-23-24-39-42(27-30)46-41-20-10-19-40(45(39)41)44-37-17-7-5-15-35(37)43(36-16-6-8-18-38(36)44)34-14-9-13-32(26-34)33-22-21-29-11-3-4-12-31(29)25-33/h3-28H,1-2H3/i3D. The van der Waals surface area contributed by atoms with Crippen LogP contribution < -0.4 is 0 Å². The maximum Gasteiger partial charge on any atom is 0.0623 e. The van der Waals surface area contributed by atoms with Gasteiger partial charge in [0.05, 0.1) is 1.37 Å². The molecule has 1 aromatic heterocycles. The number of rotatable bonds is 4.